The van der Waals surface area contributed by atoms with Crippen molar-refractivity contribution in [1.29, 1.82) is 0 Å². The van der Waals surface area contributed by atoms with Crippen molar-refractivity contribution in [2.75, 3.05) is 6.61 Å². The molecule has 2 aromatic rings. The maximum atomic E-state index is 13.0. The number of ether oxygens (including phenoxy) is 1. The van der Waals surface area contributed by atoms with Crippen molar-refractivity contribution < 1.29 is 9.13 Å². The average Bonchev–Trinajstić information content (AvgIpc) is 2.49. The van der Waals surface area contributed by atoms with E-state index in [1.54, 1.807) is 0 Å². The van der Waals surface area contributed by atoms with Gasteiger partial charge in [-0.1, -0.05) is 48.5 Å². The van der Waals surface area contributed by atoms with E-state index in [0.717, 1.165) is 12.0 Å². The van der Waals surface area contributed by atoms with Crippen molar-refractivity contribution in [1.82, 2.24) is 0 Å². The van der Waals surface area contributed by atoms with Crippen LogP contribution >= 0.6 is 0 Å². The first-order chi connectivity index (χ1) is 9.33. The van der Waals surface area contributed by atoms with E-state index < -0.39 is 0 Å². The summed E-state index contributed by atoms with van der Waals surface area (Å²) in [5, 5.41) is 0. The van der Waals surface area contributed by atoms with Gasteiger partial charge in [0.15, 0.2) is 0 Å². The largest absolute Gasteiger partial charge is 0.369 e. The standard InChI is InChI=1S/C17H15FO/c18-16-8-6-13(7-9-16)15-10-11-19-17(12-15)14-4-2-1-3-5-14/h1-10,17H,11-12H2. The highest BCUT2D eigenvalue weighted by Crippen LogP contribution is 2.33. The molecule has 96 valence electrons. The van der Waals surface area contributed by atoms with Crippen molar-refractivity contribution in [3.8, 4) is 0 Å². The fourth-order valence-corrected chi connectivity index (χ4v) is 2.39. The molecule has 1 heterocycles. The molecule has 2 heteroatoms. The molecule has 1 unspecified atom stereocenters. The zero-order valence-electron chi connectivity index (χ0n) is 10.6. The molecule has 1 nitrogen and oxygen atoms in total. The molecule has 0 fully saturated rings. The van der Waals surface area contributed by atoms with Crippen LogP contribution in [-0.2, 0) is 4.74 Å². The summed E-state index contributed by atoms with van der Waals surface area (Å²) in [5.41, 5.74) is 3.49. The van der Waals surface area contributed by atoms with Crippen molar-refractivity contribution in [2.24, 2.45) is 0 Å². The summed E-state index contributed by atoms with van der Waals surface area (Å²) in [6, 6.07) is 16.9. The molecule has 0 saturated carbocycles. The van der Waals surface area contributed by atoms with Gasteiger partial charge in [-0.25, -0.2) is 4.39 Å². The Labute approximate surface area is 112 Å². The quantitative estimate of drug-likeness (QED) is 0.773. The van der Waals surface area contributed by atoms with Gasteiger partial charge in [-0.2, -0.15) is 0 Å². The number of rotatable bonds is 2. The van der Waals surface area contributed by atoms with Gasteiger partial charge in [0.05, 0.1) is 12.7 Å². The van der Waals surface area contributed by atoms with E-state index >= 15 is 0 Å². The summed E-state index contributed by atoms with van der Waals surface area (Å²) in [6.45, 7) is 0.603. The molecule has 2 aromatic carbocycles. The summed E-state index contributed by atoms with van der Waals surface area (Å²) < 4.78 is 18.7. The summed E-state index contributed by atoms with van der Waals surface area (Å²) in [4.78, 5) is 0. The summed E-state index contributed by atoms with van der Waals surface area (Å²) in [6.07, 6.45) is 2.99. The highest BCUT2D eigenvalue weighted by Gasteiger charge is 2.18. The molecule has 0 bridgehead atoms. The lowest BCUT2D eigenvalue weighted by molar-refractivity contribution is 0.0708. The van der Waals surface area contributed by atoms with Crippen LogP contribution < -0.4 is 0 Å². The van der Waals surface area contributed by atoms with Gasteiger partial charge < -0.3 is 4.74 Å². The lowest BCUT2D eigenvalue weighted by atomic mass is 9.94. The zero-order valence-corrected chi connectivity index (χ0v) is 10.6. The molecular formula is C17H15FO. The van der Waals surface area contributed by atoms with Gasteiger partial charge in [0, 0.05) is 6.42 Å². The SMILES string of the molecule is Fc1ccc(C2=CCOC(c3ccccc3)C2)cc1. The Bertz CT molecular complexity index is 572. The van der Waals surface area contributed by atoms with Crippen LogP contribution in [0, 0.1) is 5.82 Å². The number of hydrogen-bond donors (Lipinski definition) is 0. The number of benzene rings is 2. The van der Waals surface area contributed by atoms with Crippen LogP contribution in [0.3, 0.4) is 0 Å². The molecule has 3 rings (SSSR count). The van der Waals surface area contributed by atoms with Gasteiger partial charge in [0.1, 0.15) is 5.82 Å². The zero-order chi connectivity index (χ0) is 13.1. The Balaban J connectivity index is 1.82. The minimum atomic E-state index is -0.198. The van der Waals surface area contributed by atoms with Gasteiger partial charge in [-0.15, -0.1) is 0 Å². The van der Waals surface area contributed by atoms with Gasteiger partial charge in [0.2, 0.25) is 0 Å². The summed E-state index contributed by atoms with van der Waals surface area (Å²) in [5.74, 6) is -0.198. The second-order valence-corrected chi connectivity index (χ2v) is 4.67. The highest BCUT2D eigenvalue weighted by molar-refractivity contribution is 5.66. The van der Waals surface area contributed by atoms with Crippen LogP contribution in [0.4, 0.5) is 4.39 Å². The predicted molar refractivity (Wildman–Crippen MR) is 74.1 cm³/mol. The fourth-order valence-electron chi connectivity index (χ4n) is 2.39. The first-order valence-corrected chi connectivity index (χ1v) is 6.44. The highest BCUT2D eigenvalue weighted by atomic mass is 19.1. The minimum Gasteiger partial charge on any atom is -0.369 e. The molecule has 0 aromatic heterocycles. The lowest BCUT2D eigenvalue weighted by Crippen LogP contribution is -2.10. The van der Waals surface area contributed by atoms with Crippen LogP contribution in [0.15, 0.2) is 60.7 Å². The molecule has 0 spiro atoms. The Kier molecular flexibility index (Phi) is 3.43. The normalized spacial score (nSPS) is 19.0. The first kappa shape index (κ1) is 12.1. The van der Waals surface area contributed by atoms with E-state index in [4.69, 9.17) is 4.74 Å². The maximum absolute atomic E-state index is 13.0. The van der Waals surface area contributed by atoms with Gasteiger partial charge >= 0.3 is 0 Å². The number of hydrogen-bond acceptors (Lipinski definition) is 1. The summed E-state index contributed by atoms with van der Waals surface area (Å²) in [7, 11) is 0. The van der Waals surface area contributed by atoms with Crippen LogP contribution in [0.2, 0.25) is 0 Å². The molecule has 0 amide bonds. The van der Waals surface area contributed by atoms with Gasteiger partial charge in [0.25, 0.3) is 0 Å². The van der Waals surface area contributed by atoms with Crippen molar-refractivity contribution in [2.45, 2.75) is 12.5 Å². The third-order valence-electron chi connectivity index (χ3n) is 3.42. The Morgan fingerprint density at radius 2 is 1.68 bits per heavy atom. The molecule has 0 radical (unpaired) electrons. The third-order valence-corrected chi connectivity index (χ3v) is 3.42. The minimum absolute atomic E-state index is 0.0891. The van der Waals surface area contributed by atoms with E-state index in [2.05, 4.69) is 18.2 Å². The average molecular weight is 254 g/mol. The van der Waals surface area contributed by atoms with E-state index in [9.17, 15) is 4.39 Å². The van der Waals surface area contributed by atoms with Crippen molar-refractivity contribution in [3.63, 3.8) is 0 Å². The Hall–Kier alpha value is -1.93. The van der Waals surface area contributed by atoms with E-state index in [1.165, 1.54) is 23.3 Å². The smallest absolute Gasteiger partial charge is 0.123 e. The van der Waals surface area contributed by atoms with Crippen LogP contribution in [0.1, 0.15) is 23.7 Å². The summed E-state index contributed by atoms with van der Waals surface area (Å²) >= 11 is 0. The van der Waals surface area contributed by atoms with Crippen LogP contribution in [0.5, 0.6) is 0 Å². The molecule has 0 aliphatic carbocycles. The number of halogens is 1. The molecular weight excluding hydrogens is 239 g/mol. The van der Waals surface area contributed by atoms with E-state index in [0.29, 0.717) is 6.61 Å². The first-order valence-electron chi connectivity index (χ1n) is 6.44. The van der Waals surface area contributed by atoms with Gasteiger partial charge in [-0.05, 0) is 28.8 Å². The molecule has 0 saturated heterocycles. The Morgan fingerprint density at radius 1 is 0.947 bits per heavy atom. The maximum Gasteiger partial charge on any atom is 0.123 e. The van der Waals surface area contributed by atoms with Crippen LogP contribution in [-0.4, -0.2) is 6.61 Å². The van der Waals surface area contributed by atoms with E-state index in [1.807, 2.05) is 30.3 Å². The van der Waals surface area contributed by atoms with Crippen molar-refractivity contribution >= 4 is 5.57 Å². The predicted octanol–water partition coefficient (Wildman–Crippen LogP) is 4.37. The van der Waals surface area contributed by atoms with E-state index in [-0.39, 0.29) is 11.9 Å². The molecule has 0 N–H and O–H groups in total. The topological polar surface area (TPSA) is 9.23 Å². The molecule has 1 aliphatic heterocycles. The molecule has 19 heavy (non-hydrogen) atoms. The van der Waals surface area contributed by atoms with Crippen molar-refractivity contribution in [3.05, 3.63) is 77.6 Å². The monoisotopic (exact) mass is 254 g/mol. The lowest BCUT2D eigenvalue weighted by Gasteiger charge is -2.24. The second-order valence-electron chi connectivity index (χ2n) is 4.67. The fraction of sp³-hybridized carbons (Fsp3) is 0.176. The molecule has 1 atom stereocenters. The molecule has 1 aliphatic rings. The van der Waals surface area contributed by atoms with Gasteiger partial charge in [-0.3, -0.25) is 0 Å². The third kappa shape index (κ3) is 2.74. The Morgan fingerprint density at radius 3 is 2.42 bits per heavy atom. The van der Waals surface area contributed by atoms with Crippen LogP contribution in [0.25, 0.3) is 5.57 Å². The second kappa shape index (κ2) is 5.37.